The molecule has 0 saturated heterocycles. The van der Waals surface area contributed by atoms with Crippen molar-refractivity contribution >= 4 is 18.0 Å². The predicted octanol–water partition coefficient (Wildman–Crippen LogP) is 0.975. The summed E-state index contributed by atoms with van der Waals surface area (Å²) in [6.07, 6.45) is -0.452. The second-order valence-corrected chi connectivity index (χ2v) is 6.34. The molecule has 0 atom stereocenters. The summed E-state index contributed by atoms with van der Waals surface area (Å²) in [6.45, 7) is 6.88. The molecule has 0 aromatic heterocycles. The second kappa shape index (κ2) is 9.51. The summed E-state index contributed by atoms with van der Waals surface area (Å²) in [5, 5.41) is 8.88. The number of alkyl carbamates (subject to hydrolysis) is 1. The summed E-state index contributed by atoms with van der Waals surface area (Å²) in [5.41, 5.74) is 6.15. The molecular weight excluding hydrogens is 322 g/mol. The van der Waals surface area contributed by atoms with Gasteiger partial charge in [0.1, 0.15) is 5.60 Å². The summed E-state index contributed by atoms with van der Waals surface area (Å²) < 4.78 is 5.15. The van der Waals surface area contributed by atoms with Crippen LogP contribution in [0.3, 0.4) is 0 Å². The Kier molecular flexibility index (Phi) is 7.71. The van der Waals surface area contributed by atoms with Gasteiger partial charge in [-0.05, 0) is 38.5 Å². The van der Waals surface area contributed by atoms with Crippen LogP contribution in [0.4, 0.5) is 4.79 Å². The van der Waals surface area contributed by atoms with E-state index in [-0.39, 0.29) is 0 Å². The second-order valence-electron chi connectivity index (χ2n) is 6.34. The first-order valence-electron chi connectivity index (χ1n) is 8.01. The van der Waals surface area contributed by atoms with E-state index in [1.165, 1.54) is 0 Å². The number of nitrogens with two attached hydrogens (primary N) is 1. The van der Waals surface area contributed by atoms with Crippen molar-refractivity contribution < 1.29 is 14.3 Å². The molecule has 0 aliphatic rings. The van der Waals surface area contributed by atoms with Crippen LogP contribution in [0.2, 0.25) is 0 Å². The van der Waals surface area contributed by atoms with Crippen LogP contribution in [-0.4, -0.2) is 43.7 Å². The Morgan fingerprint density at radius 1 is 1.08 bits per heavy atom. The minimum absolute atomic E-state index is 0.406. The molecule has 0 aliphatic carbocycles. The zero-order valence-corrected chi connectivity index (χ0v) is 15.2. The van der Waals surface area contributed by atoms with E-state index in [9.17, 15) is 9.59 Å². The van der Waals surface area contributed by atoms with E-state index in [1.807, 2.05) is 32.9 Å². The number of ether oxygens (including phenoxy) is 1. The monoisotopic (exact) mass is 349 g/mol. The Morgan fingerprint density at radius 3 is 2.20 bits per heavy atom. The normalized spacial score (nSPS) is 11.6. The maximum absolute atomic E-state index is 11.5. The van der Waals surface area contributed by atoms with E-state index in [2.05, 4.69) is 20.9 Å². The van der Waals surface area contributed by atoms with Crippen LogP contribution in [0.25, 0.3) is 0 Å². The molecule has 0 bridgehead atoms. The Bertz CT molecular complexity index is 606. The fraction of sp³-hybridized carbons (Fsp3) is 0.471. The average Bonchev–Trinajstić information content (AvgIpc) is 2.53. The molecule has 0 heterocycles. The SMILES string of the molecule is CN=C(NCCNC(=O)OC(C)(C)C)NCc1ccc(C(N)=O)cc1. The van der Waals surface area contributed by atoms with Gasteiger partial charge in [-0.3, -0.25) is 9.79 Å². The van der Waals surface area contributed by atoms with Gasteiger partial charge in [-0.1, -0.05) is 12.1 Å². The summed E-state index contributed by atoms with van der Waals surface area (Å²) in [7, 11) is 1.66. The van der Waals surface area contributed by atoms with Gasteiger partial charge in [0.15, 0.2) is 5.96 Å². The van der Waals surface area contributed by atoms with E-state index >= 15 is 0 Å². The van der Waals surface area contributed by atoms with E-state index in [1.54, 1.807) is 19.2 Å². The first-order valence-corrected chi connectivity index (χ1v) is 8.01. The van der Waals surface area contributed by atoms with Crippen molar-refractivity contribution in [2.24, 2.45) is 10.7 Å². The van der Waals surface area contributed by atoms with Gasteiger partial charge in [0.05, 0.1) is 0 Å². The molecule has 2 amide bonds. The van der Waals surface area contributed by atoms with Gasteiger partial charge in [-0.2, -0.15) is 0 Å². The molecule has 1 aromatic carbocycles. The molecule has 8 nitrogen and oxygen atoms in total. The number of nitrogens with zero attached hydrogens (tertiary/aromatic N) is 1. The maximum atomic E-state index is 11.5. The Morgan fingerprint density at radius 2 is 1.68 bits per heavy atom. The fourth-order valence-corrected chi connectivity index (χ4v) is 1.85. The van der Waals surface area contributed by atoms with Crippen LogP contribution >= 0.6 is 0 Å². The topological polar surface area (TPSA) is 118 Å². The van der Waals surface area contributed by atoms with E-state index in [4.69, 9.17) is 10.5 Å². The number of nitrogens with one attached hydrogen (secondary N) is 3. The highest BCUT2D eigenvalue weighted by molar-refractivity contribution is 5.92. The molecule has 0 saturated carbocycles. The summed E-state index contributed by atoms with van der Waals surface area (Å²) >= 11 is 0. The van der Waals surface area contributed by atoms with Gasteiger partial charge < -0.3 is 26.4 Å². The van der Waals surface area contributed by atoms with E-state index in [0.717, 1.165) is 5.56 Å². The molecule has 8 heteroatoms. The van der Waals surface area contributed by atoms with E-state index in [0.29, 0.717) is 31.2 Å². The molecule has 25 heavy (non-hydrogen) atoms. The molecule has 0 aliphatic heterocycles. The third-order valence-electron chi connectivity index (χ3n) is 3.01. The van der Waals surface area contributed by atoms with Gasteiger partial charge in [-0.15, -0.1) is 0 Å². The van der Waals surface area contributed by atoms with Crippen LogP contribution in [-0.2, 0) is 11.3 Å². The Hall–Kier alpha value is -2.77. The van der Waals surface area contributed by atoms with Crippen LogP contribution in [0.5, 0.6) is 0 Å². The minimum atomic E-state index is -0.515. The summed E-state index contributed by atoms with van der Waals surface area (Å²) in [5.74, 6) is 0.152. The Balaban J connectivity index is 2.31. The number of benzene rings is 1. The van der Waals surface area contributed by atoms with Gasteiger partial charge in [0, 0.05) is 32.2 Å². The number of amides is 2. The lowest BCUT2D eigenvalue weighted by Gasteiger charge is -2.20. The van der Waals surface area contributed by atoms with Gasteiger partial charge in [0.25, 0.3) is 0 Å². The highest BCUT2D eigenvalue weighted by atomic mass is 16.6. The number of aliphatic imine (C=N–C) groups is 1. The lowest BCUT2D eigenvalue weighted by atomic mass is 10.1. The van der Waals surface area contributed by atoms with Crippen molar-refractivity contribution in [2.75, 3.05) is 20.1 Å². The molecule has 5 N–H and O–H groups in total. The molecule has 0 radical (unpaired) electrons. The third-order valence-corrected chi connectivity index (χ3v) is 3.01. The zero-order valence-electron chi connectivity index (χ0n) is 15.2. The van der Waals surface area contributed by atoms with Crippen LogP contribution in [0.15, 0.2) is 29.3 Å². The molecule has 0 unspecified atom stereocenters. The van der Waals surface area contributed by atoms with Gasteiger partial charge in [0.2, 0.25) is 5.91 Å². The Labute approximate surface area is 148 Å². The molecule has 1 aromatic rings. The van der Waals surface area contributed by atoms with Crippen molar-refractivity contribution in [3.8, 4) is 0 Å². The first-order chi connectivity index (χ1) is 11.7. The minimum Gasteiger partial charge on any atom is -0.444 e. The van der Waals surface area contributed by atoms with Crippen molar-refractivity contribution in [1.82, 2.24) is 16.0 Å². The fourth-order valence-electron chi connectivity index (χ4n) is 1.85. The smallest absolute Gasteiger partial charge is 0.407 e. The molecule has 138 valence electrons. The average molecular weight is 349 g/mol. The van der Waals surface area contributed by atoms with Crippen LogP contribution < -0.4 is 21.7 Å². The predicted molar refractivity (Wildman–Crippen MR) is 97.4 cm³/mol. The quantitative estimate of drug-likeness (QED) is 0.347. The number of hydrogen-bond acceptors (Lipinski definition) is 4. The first kappa shape index (κ1) is 20.3. The standard InChI is InChI=1S/C17H27N5O3/c1-17(2,3)25-16(24)21-10-9-20-15(19-4)22-11-12-5-7-13(8-6-12)14(18)23/h5-8H,9-11H2,1-4H3,(H2,18,23)(H,21,24)(H2,19,20,22). The number of rotatable bonds is 6. The lowest BCUT2D eigenvalue weighted by molar-refractivity contribution is 0.0528. The molecule has 0 fully saturated rings. The molecular formula is C17H27N5O3. The largest absolute Gasteiger partial charge is 0.444 e. The third kappa shape index (κ3) is 8.59. The number of carbonyl (C=O) groups excluding carboxylic acids is 2. The van der Waals surface area contributed by atoms with Gasteiger partial charge in [-0.25, -0.2) is 4.79 Å². The van der Waals surface area contributed by atoms with Crippen LogP contribution in [0.1, 0.15) is 36.7 Å². The van der Waals surface area contributed by atoms with E-state index < -0.39 is 17.6 Å². The molecule has 0 spiro atoms. The maximum Gasteiger partial charge on any atom is 0.407 e. The summed E-state index contributed by atoms with van der Waals surface area (Å²) in [4.78, 5) is 26.7. The van der Waals surface area contributed by atoms with Crippen molar-refractivity contribution in [3.63, 3.8) is 0 Å². The lowest BCUT2D eigenvalue weighted by Crippen LogP contribution is -2.42. The highest BCUT2D eigenvalue weighted by Gasteiger charge is 2.15. The summed E-state index contributed by atoms with van der Waals surface area (Å²) in [6, 6.07) is 7.01. The van der Waals surface area contributed by atoms with Crippen molar-refractivity contribution in [1.29, 1.82) is 0 Å². The highest BCUT2D eigenvalue weighted by Crippen LogP contribution is 2.06. The number of hydrogen-bond donors (Lipinski definition) is 4. The molecule has 1 rings (SSSR count). The number of guanidine groups is 1. The number of carbonyl (C=O) groups is 2. The number of primary amides is 1. The zero-order chi connectivity index (χ0) is 18.9. The van der Waals surface area contributed by atoms with Crippen molar-refractivity contribution in [3.05, 3.63) is 35.4 Å². The van der Waals surface area contributed by atoms with Gasteiger partial charge >= 0.3 is 6.09 Å². The van der Waals surface area contributed by atoms with Crippen molar-refractivity contribution in [2.45, 2.75) is 32.9 Å². The van der Waals surface area contributed by atoms with Crippen LogP contribution in [0, 0.1) is 0 Å².